The third kappa shape index (κ3) is 3.94. The predicted molar refractivity (Wildman–Crippen MR) is 74.7 cm³/mol. The molecule has 106 valence electrons. The van der Waals surface area contributed by atoms with Crippen LogP contribution in [0.2, 0.25) is 0 Å². The average Bonchev–Trinajstić information content (AvgIpc) is 2.40. The van der Waals surface area contributed by atoms with Gasteiger partial charge in [0.15, 0.2) is 0 Å². The minimum atomic E-state index is -0.717. The van der Waals surface area contributed by atoms with Crippen molar-refractivity contribution in [2.45, 2.75) is 39.5 Å². The number of aliphatic carboxylic acids is 1. The van der Waals surface area contributed by atoms with Gasteiger partial charge in [-0.3, -0.25) is 9.59 Å². The molecule has 0 unspecified atom stereocenters. The monoisotopic (exact) mass is 265 g/mol. The third-order valence-corrected chi connectivity index (χ3v) is 3.76. The van der Waals surface area contributed by atoms with Gasteiger partial charge < -0.3 is 10.0 Å². The molecule has 1 aliphatic rings. The number of hydrogen-bond acceptors (Lipinski definition) is 2. The van der Waals surface area contributed by atoms with Crippen molar-refractivity contribution in [3.8, 4) is 0 Å². The van der Waals surface area contributed by atoms with Crippen LogP contribution in [0.5, 0.6) is 0 Å². The van der Waals surface area contributed by atoms with Crippen LogP contribution in [0.25, 0.3) is 0 Å². The van der Waals surface area contributed by atoms with Gasteiger partial charge in [-0.05, 0) is 26.2 Å². The molecule has 1 amide bonds. The minimum absolute atomic E-state index is 0.0337. The fraction of sp³-hybridized carbons (Fsp3) is 0.600. The second-order valence-corrected chi connectivity index (χ2v) is 5.05. The molecule has 0 aromatic carbocycles. The van der Waals surface area contributed by atoms with E-state index in [0.29, 0.717) is 32.4 Å². The van der Waals surface area contributed by atoms with Gasteiger partial charge in [0.2, 0.25) is 5.91 Å². The Morgan fingerprint density at radius 3 is 2.37 bits per heavy atom. The second kappa shape index (κ2) is 7.12. The smallest absolute Gasteiger partial charge is 0.309 e. The largest absolute Gasteiger partial charge is 0.481 e. The highest BCUT2D eigenvalue weighted by Gasteiger charge is 2.41. The van der Waals surface area contributed by atoms with Gasteiger partial charge >= 0.3 is 5.97 Å². The highest BCUT2D eigenvalue weighted by atomic mass is 16.4. The first-order chi connectivity index (χ1) is 9.05. The average molecular weight is 265 g/mol. The molecule has 1 fully saturated rings. The Morgan fingerprint density at radius 2 is 1.89 bits per heavy atom. The lowest BCUT2D eigenvalue weighted by Crippen LogP contribution is -2.46. The summed E-state index contributed by atoms with van der Waals surface area (Å²) in [5.74, 6) is -0.750. The number of allylic oxidation sites excluding steroid dienone is 3. The van der Waals surface area contributed by atoms with Crippen LogP contribution in [0.15, 0.2) is 24.3 Å². The lowest BCUT2D eigenvalue weighted by Gasteiger charge is -2.38. The molecule has 1 heterocycles. The van der Waals surface area contributed by atoms with Crippen LogP contribution in [0, 0.1) is 5.41 Å². The number of carbonyl (C=O) groups excluding carboxylic acids is 1. The summed E-state index contributed by atoms with van der Waals surface area (Å²) in [5, 5.41) is 9.39. The molecule has 1 aliphatic heterocycles. The van der Waals surface area contributed by atoms with Crippen molar-refractivity contribution in [1.82, 2.24) is 4.90 Å². The maximum Gasteiger partial charge on any atom is 0.309 e. The summed E-state index contributed by atoms with van der Waals surface area (Å²) < 4.78 is 0. The van der Waals surface area contributed by atoms with Crippen LogP contribution < -0.4 is 0 Å². The number of nitrogens with zero attached hydrogens (tertiary/aromatic N) is 1. The van der Waals surface area contributed by atoms with E-state index in [1.807, 2.05) is 19.9 Å². The number of carboxylic acid groups (broad SMARTS) is 1. The summed E-state index contributed by atoms with van der Waals surface area (Å²) in [5.41, 5.74) is -0.626. The first-order valence-electron chi connectivity index (χ1n) is 6.87. The van der Waals surface area contributed by atoms with E-state index in [9.17, 15) is 14.7 Å². The number of rotatable bonds is 5. The standard InChI is InChI=1S/C15H23NO3/c1-3-5-6-7-13(17)16-11-9-15(8-4-2,10-12-16)14(18)19/h3,5-7H,4,8-12H2,1-2H3,(H,18,19). The number of likely N-dealkylation sites (tertiary alicyclic amines) is 1. The van der Waals surface area contributed by atoms with Crippen molar-refractivity contribution in [3.63, 3.8) is 0 Å². The Balaban J connectivity index is 2.60. The van der Waals surface area contributed by atoms with Crippen molar-refractivity contribution in [1.29, 1.82) is 0 Å². The Kier molecular flexibility index (Phi) is 5.80. The second-order valence-electron chi connectivity index (χ2n) is 5.05. The van der Waals surface area contributed by atoms with Crippen LogP contribution >= 0.6 is 0 Å². The van der Waals surface area contributed by atoms with Crippen LogP contribution in [0.3, 0.4) is 0 Å². The number of carboxylic acids is 1. The molecular weight excluding hydrogens is 242 g/mol. The van der Waals surface area contributed by atoms with E-state index in [-0.39, 0.29) is 5.91 Å². The number of piperidine rings is 1. The fourth-order valence-electron chi connectivity index (χ4n) is 2.56. The molecular formula is C15H23NO3. The molecule has 1 N–H and O–H groups in total. The normalized spacial score (nSPS) is 19.2. The van der Waals surface area contributed by atoms with Gasteiger partial charge in [0.1, 0.15) is 0 Å². The van der Waals surface area contributed by atoms with Crippen molar-refractivity contribution in [2.24, 2.45) is 5.41 Å². The Bertz CT molecular complexity index is 377. The van der Waals surface area contributed by atoms with Gasteiger partial charge in [0, 0.05) is 19.2 Å². The van der Waals surface area contributed by atoms with Gasteiger partial charge in [-0.1, -0.05) is 31.6 Å². The summed E-state index contributed by atoms with van der Waals surface area (Å²) >= 11 is 0. The lowest BCUT2D eigenvalue weighted by atomic mass is 9.75. The zero-order valence-electron chi connectivity index (χ0n) is 11.8. The molecule has 0 aromatic heterocycles. The molecule has 0 atom stereocenters. The highest BCUT2D eigenvalue weighted by Crippen LogP contribution is 2.36. The first kappa shape index (κ1) is 15.5. The van der Waals surface area contributed by atoms with Gasteiger partial charge in [0.25, 0.3) is 0 Å². The number of carbonyl (C=O) groups is 2. The molecule has 0 aliphatic carbocycles. The van der Waals surface area contributed by atoms with E-state index >= 15 is 0 Å². The fourth-order valence-corrected chi connectivity index (χ4v) is 2.56. The topological polar surface area (TPSA) is 57.6 Å². The van der Waals surface area contributed by atoms with Gasteiger partial charge in [-0.15, -0.1) is 0 Å². The zero-order valence-corrected chi connectivity index (χ0v) is 11.8. The van der Waals surface area contributed by atoms with Gasteiger partial charge in [-0.2, -0.15) is 0 Å². The summed E-state index contributed by atoms with van der Waals surface area (Å²) in [6.45, 7) is 4.96. The molecule has 0 bridgehead atoms. The predicted octanol–water partition coefficient (Wildman–Crippen LogP) is 2.61. The quantitative estimate of drug-likeness (QED) is 0.614. The summed E-state index contributed by atoms with van der Waals surface area (Å²) in [6, 6.07) is 0. The van der Waals surface area contributed by atoms with Crippen LogP contribution in [0.1, 0.15) is 39.5 Å². The van der Waals surface area contributed by atoms with E-state index in [0.717, 1.165) is 6.42 Å². The van der Waals surface area contributed by atoms with Crippen LogP contribution in [0.4, 0.5) is 0 Å². The lowest BCUT2D eigenvalue weighted by molar-refractivity contribution is -0.154. The van der Waals surface area contributed by atoms with Crippen molar-refractivity contribution >= 4 is 11.9 Å². The Hall–Kier alpha value is -1.58. The number of hydrogen-bond donors (Lipinski definition) is 1. The number of amides is 1. The highest BCUT2D eigenvalue weighted by molar-refractivity contribution is 5.88. The van der Waals surface area contributed by atoms with E-state index in [1.54, 1.807) is 17.1 Å². The molecule has 4 nitrogen and oxygen atoms in total. The van der Waals surface area contributed by atoms with E-state index in [2.05, 4.69) is 0 Å². The Labute approximate surface area is 114 Å². The van der Waals surface area contributed by atoms with Crippen molar-refractivity contribution in [3.05, 3.63) is 24.3 Å². The minimum Gasteiger partial charge on any atom is -0.481 e. The molecule has 0 spiro atoms. The summed E-state index contributed by atoms with van der Waals surface area (Å²) in [6.07, 6.45) is 9.58. The maximum atomic E-state index is 11.9. The maximum absolute atomic E-state index is 11.9. The Morgan fingerprint density at radius 1 is 1.26 bits per heavy atom. The molecule has 1 rings (SSSR count). The van der Waals surface area contributed by atoms with E-state index in [1.165, 1.54) is 6.08 Å². The van der Waals surface area contributed by atoms with E-state index in [4.69, 9.17) is 0 Å². The van der Waals surface area contributed by atoms with Crippen LogP contribution in [-0.2, 0) is 9.59 Å². The molecule has 0 radical (unpaired) electrons. The first-order valence-corrected chi connectivity index (χ1v) is 6.87. The van der Waals surface area contributed by atoms with Crippen molar-refractivity contribution in [2.75, 3.05) is 13.1 Å². The third-order valence-electron chi connectivity index (χ3n) is 3.76. The molecule has 19 heavy (non-hydrogen) atoms. The molecule has 0 saturated carbocycles. The summed E-state index contributed by atoms with van der Waals surface area (Å²) in [4.78, 5) is 25.0. The van der Waals surface area contributed by atoms with Crippen molar-refractivity contribution < 1.29 is 14.7 Å². The van der Waals surface area contributed by atoms with Gasteiger partial charge in [0.05, 0.1) is 5.41 Å². The van der Waals surface area contributed by atoms with E-state index < -0.39 is 11.4 Å². The molecule has 0 aromatic rings. The van der Waals surface area contributed by atoms with Gasteiger partial charge in [-0.25, -0.2) is 0 Å². The SMILES string of the molecule is CC=CC=CC(=O)N1CCC(CCC)(C(=O)O)CC1. The zero-order chi connectivity index (χ0) is 14.3. The summed E-state index contributed by atoms with van der Waals surface area (Å²) in [7, 11) is 0. The molecule has 4 heteroatoms. The molecule has 1 saturated heterocycles. The van der Waals surface area contributed by atoms with Crippen LogP contribution in [-0.4, -0.2) is 35.0 Å².